The molecule has 0 unspecified atom stereocenters. The molecule has 33 heavy (non-hydrogen) atoms. The predicted octanol–water partition coefficient (Wildman–Crippen LogP) is 3.20. The number of nitrogens with one attached hydrogen (secondary N) is 2. The van der Waals surface area contributed by atoms with Gasteiger partial charge in [0.2, 0.25) is 11.8 Å². The van der Waals surface area contributed by atoms with E-state index in [1.807, 2.05) is 41.2 Å². The number of amides is 2. The van der Waals surface area contributed by atoms with E-state index in [9.17, 15) is 9.59 Å². The number of carbonyl (C=O) groups excluding carboxylic acids is 2. The zero-order valence-corrected chi connectivity index (χ0v) is 19.2. The molecule has 5 rings (SSSR count). The zero-order valence-electron chi connectivity index (χ0n) is 19.2. The van der Waals surface area contributed by atoms with E-state index in [-0.39, 0.29) is 17.9 Å². The molecule has 8 nitrogen and oxygen atoms in total. The highest BCUT2D eigenvalue weighted by molar-refractivity contribution is 5.89. The first kappa shape index (κ1) is 21.4. The molecular formula is C25H30N6O2. The smallest absolute Gasteiger partial charge is 0.227 e. The van der Waals surface area contributed by atoms with Crippen LogP contribution in [0.15, 0.2) is 30.5 Å². The van der Waals surface area contributed by atoms with Gasteiger partial charge in [-0.05, 0) is 30.9 Å². The van der Waals surface area contributed by atoms with Crippen molar-refractivity contribution >= 4 is 28.5 Å². The second kappa shape index (κ2) is 8.84. The summed E-state index contributed by atoms with van der Waals surface area (Å²) in [4.78, 5) is 42.2. The molecule has 1 atom stereocenters. The number of carbonyl (C=O) groups is 2. The number of hydrogen-bond donors (Lipinski definition) is 2. The molecular weight excluding hydrogens is 416 g/mol. The minimum Gasteiger partial charge on any atom is -0.373 e. The Hall–Kier alpha value is -3.42. The third-order valence-corrected chi connectivity index (χ3v) is 6.90. The number of fused-ring (bicyclic) bond motifs is 2. The SMILES string of the molecule is CNc1nc([C@@H]2CCCCN2C(=O)Cc2c[nH]c3ccccc23)nc2c1CN(C(C)=O)CC2. The topological polar surface area (TPSA) is 94.2 Å². The molecule has 0 saturated carbocycles. The first-order valence-corrected chi connectivity index (χ1v) is 11.7. The fourth-order valence-electron chi connectivity index (χ4n) is 5.10. The van der Waals surface area contributed by atoms with Crippen molar-refractivity contribution in [3.8, 4) is 0 Å². The van der Waals surface area contributed by atoms with Crippen LogP contribution in [-0.2, 0) is 29.0 Å². The van der Waals surface area contributed by atoms with Gasteiger partial charge in [0.15, 0.2) is 5.82 Å². The minimum absolute atomic E-state index is 0.0631. The van der Waals surface area contributed by atoms with Crippen LogP contribution in [0.4, 0.5) is 5.82 Å². The lowest BCUT2D eigenvalue weighted by Gasteiger charge is -2.36. The van der Waals surface area contributed by atoms with Crippen LogP contribution in [0.25, 0.3) is 10.9 Å². The number of rotatable bonds is 4. The lowest BCUT2D eigenvalue weighted by molar-refractivity contribution is -0.134. The van der Waals surface area contributed by atoms with E-state index in [4.69, 9.17) is 9.97 Å². The fourth-order valence-corrected chi connectivity index (χ4v) is 5.10. The van der Waals surface area contributed by atoms with Crippen molar-refractivity contribution in [1.29, 1.82) is 0 Å². The lowest BCUT2D eigenvalue weighted by Crippen LogP contribution is -2.41. The normalized spacial score (nSPS) is 18.3. The van der Waals surface area contributed by atoms with Gasteiger partial charge in [-0.25, -0.2) is 9.97 Å². The van der Waals surface area contributed by atoms with Gasteiger partial charge in [0.1, 0.15) is 5.82 Å². The Morgan fingerprint density at radius 1 is 1.18 bits per heavy atom. The second-order valence-corrected chi connectivity index (χ2v) is 8.93. The number of nitrogens with zero attached hydrogens (tertiary/aromatic N) is 4. The van der Waals surface area contributed by atoms with Gasteiger partial charge in [0.25, 0.3) is 0 Å². The molecule has 0 bridgehead atoms. The van der Waals surface area contributed by atoms with Gasteiger partial charge in [-0.15, -0.1) is 0 Å². The molecule has 0 aliphatic carbocycles. The molecule has 1 saturated heterocycles. The summed E-state index contributed by atoms with van der Waals surface area (Å²) in [6.45, 7) is 3.50. The van der Waals surface area contributed by atoms with Gasteiger partial charge in [-0.1, -0.05) is 18.2 Å². The third kappa shape index (κ3) is 4.05. The van der Waals surface area contributed by atoms with E-state index in [1.54, 1.807) is 6.92 Å². The van der Waals surface area contributed by atoms with Crippen molar-refractivity contribution in [3.63, 3.8) is 0 Å². The van der Waals surface area contributed by atoms with Crippen molar-refractivity contribution < 1.29 is 9.59 Å². The first-order valence-electron chi connectivity index (χ1n) is 11.7. The average molecular weight is 447 g/mol. The van der Waals surface area contributed by atoms with E-state index >= 15 is 0 Å². The quantitative estimate of drug-likeness (QED) is 0.642. The fraction of sp³-hybridized carbons (Fsp3) is 0.440. The van der Waals surface area contributed by atoms with Gasteiger partial charge in [-0.2, -0.15) is 0 Å². The Balaban J connectivity index is 1.43. The summed E-state index contributed by atoms with van der Waals surface area (Å²) in [5, 5.41) is 4.29. The summed E-state index contributed by atoms with van der Waals surface area (Å²) in [5.41, 5.74) is 4.03. The number of likely N-dealkylation sites (tertiary alicyclic amines) is 1. The third-order valence-electron chi connectivity index (χ3n) is 6.90. The Kier molecular flexibility index (Phi) is 5.74. The zero-order chi connectivity index (χ0) is 22.9. The van der Waals surface area contributed by atoms with Crippen LogP contribution in [0.5, 0.6) is 0 Å². The molecule has 172 valence electrons. The monoisotopic (exact) mass is 446 g/mol. The Bertz CT molecular complexity index is 1190. The highest BCUT2D eigenvalue weighted by atomic mass is 16.2. The maximum absolute atomic E-state index is 13.5. The van der Waals surface area contributed by atoms with Crippen LogP contribution in [0.2, 0.25) is 0 Å². The molecule has 2 amide bonds. The first-order chi connectivity index (χ1) is 16.0. The van der Waals surface area contributed by atoms with Gasteiger partial charge in [0, 0.05) is 56.1 Å². The van der Waals surface area contributed by atoms with E-state index < -0.39 is 0 Å². The minimum atomic E-state index is -0.125. The summed E-state index contributed by atoms with van der Waals surface area (Å²) in [6, 6.07) is 7.95. The highest BCUT2D eigenvalue weighted by Gasteiger charge is 2.32. The van der Waals surface area contributed by atoms with Crippen molar-refractivity contribution in [2.24, 2.45) is 0 Å². The molecule has 1 aromatic carbocycles. The molecule has 0 radical (unpaired) electrons. The predicted molar refractivity (Wildman–Crippen MR) is 127 cm³/mol. The molecule has 3 aromatic rings. The van der Waals surface area contributed by atoms with E-state index in [0.717, 1.165) is 59.3 Å². The Morgan fingerprint density at radius 3 is 2.85 bits per heavy atom. The van der Waals surface area contributed by atoms with E-state index in [2.05, 4.69) is 16.4 Å². The van der Waals surface area contributed by atoms with E-state index in [0.29, 0.717) is 31.8 Å². The highest BCUT2D eigenvalue weighted by Crippen LogP contribution is 2.33. The van der Waals surface area contributed by atoms with Crippen molar-refractivity contribution in [3.05, 3.63) is 53.1 Å². The number of para-hydroxylation sites is 1. The Labute approximate surface area is 193 Å². The summed E-state index contributed by atoms with van der Waals surface area (Å²) in [6.07, 6.45) is 5.91. The van der Waals surface area contributed by atoms with Crippen LogP contribution in [0.1, 0.15) is 54.9 Å². The molecule has 8 heteroatoms. The number of piperidine rings is 1. The summed E-state index contributed by atoms with van der Waals surface area (Å²) >= 11 is 0. The molecule has 2 N–H and O–H groups in total. The summed E-state index contributed by atoms with van der Waals surface area (Å²) < 4.78 is 0. The molecule has 2 aromatic heterocycles. The van der Waals surface area contributed by atoms with Crippen LogP contribution in [0, 0.1) is 0 Å². The van der Waals surface area contributed by atoms with Gasteiger partial charge in [0.05, 0.1) is 24.7 Å². The van der Waals surface area contributed by atoms with Gasteiger partial charge >= 0.3 is 0 Å². The molecule has 1 fully saturated rings. The average Bonchev–Trinajstić information content (AvgIpc) is 3.25. The number of aromatic amines is 1. The number of anilines is 1. The summed E-state index contributed by atoms with van der Waals surface area (Å²) in [5.74, 6) is 1.64. The standard InChI is InChI=1S/C25H30N6O2/c1-16(32)30-12-10-21-19(15-30)24(26-2)29-25(28-21)22-9-5-6-11-31(22)23(33)13-17-14-27-20-8-4-3-7-18(17)20/h3-4,7-8,14,22,27H,5-6,9-13,15H2,1-2H3,(H,26,28,29)/t22-/m0/s1. The van der Waals surface area contributed by atoms with Crippen LogP contribution in [-0.4, -0.2) is 56.7 Å². The Morgan fingerprint density at radius 2 is 2.03 bits per heavy atom. The molecule has 2 aliphatic rings. The van der Waals surface area contributed by atoms with Gasteiger partial charge in [-0.3, -0.25) is 9.59 Å². The van der Waals surface area contributed by atoms with Crippen molar-refractivity contribution in [2.45, 2.75) is 51.6 Å². The molecule has 2 aliphatic heterocycles. The molecule has 0 spiro atoms. The molecule has 4 heterocycles. The van der Waals surface area contributed by atoms with E-state index in [1.165, 1.54) is 0 Å². The van der Waals surface area contributed by atoms with Crippen LogP contribution in [0.3, 0.4) is 0 Å². The largest absolute Gasteiger partial charge is 0.373 e. The maximum atomic E-state index is 13.5. The van der Waals surface area contributed by atoms with Crippen LogP contribution < -0.4 is 5.32 Å². The number of hydrogen-bond acceptors (Lipinski definition) is 5. The number of aromatic nitrogens is 3. The maximum Gasteiger partial charge on any atom is 0.227 e. The van der Waals surface area contributed by atoms with Crippen LogP contribution >= 0.6 is 0 Å². The van der Waals surface area contributed by atoms with Crippen molar-refractivity contribution in [2.75, 3.05) is 25.5 Å². The summed E-state index contributed by atoms with van der Waals surface area (Å²) in [7, 11) is 1.85. The van der Waals surface area contributed by atoms with Crippen molar-refractivity contribution in [1.82, 2.24) is 24.8 Å². The van der Waals surface area contributed by atoms with Gasteiger partial charge < -0.3 is 20.1 Å². The number of benzene rings is 1. The lowest BCUT2D eigenvalue weighted by atomic mass is 9.98. The number of H-pyrrole nitrogens is 1. The second-order valence-electron chi connectivity index (χ2n) is 8.93.